The molecule has 0 amide bonds. The van der Waals surface area contributed by atoms with Crippen LogP contribution in [0.25, 0.3) is 6.08 Å². The molecule has 0 spiro atoms. The van der Waals surface area contributed by atoms with Gasteiger partial charge in [0, 0.05) is 16.6 Å². The van der Waals surface area contributed by atoms with Crippen molar-refractivity contribution in [1.29, 1.82) is 0 Å². The number of thioether (sulfide) groups is 1. The highest BCUT2D eigenvalue weighted by molar-refractivity contribution is 7.99. The SMILES string of the molecule is CC(C)(C)c1ccc(SCC(/C=C/c2ccccc2)c2ccccc2)cc1. The summed E-state index contributed by atoms with van der Waals surface area (Å²) < 4.78 is 0. The maximum absolute atomic E-state index is 2.33. The Kier molecular flexibility index (Phi) is 6.58. The molecule has 0 saturated heterocycles. The molecule has 0 aromatic heterocycles. The summed E-state index contributed by atoms with van der Waals surface area (Å²) in [5.41, 5.74) is 4.20. The first-order valence-electron chi connectivity index (χ1n) is 9.54. The van der Waals surface area contributed by atoms with Crippen LogP contribution in [-0.2, 0) is 5.41 Å². The van der Waals surface area contributed by atoms with E-state index in [9.17, 15) is 0 Å². The smallest absolute Gasteiger partial charge is 0.0115 e. The summed E-state index contributed by atoms with van der Waals surface area (Å²) in [6.07, 6.45) is 4.57. The van der Waals surface area contributed by atoms with Crippen molar-refractivity contribution >= 4 is 17.8 Å². The van der Waals surface area contributed by atoms with E-state index < -0.39 is 0 Å². The zero-order valence-corrected chi connectivity index (χ0v) is 17.2. The molecular weight excluding hydrogens is 344 g/mol. The molecule has 0 fully saturated rings. The molecule has 0 saturated carbocycles. The Hall–Kier alpha value is -2.25. The van der Waals surface area contributed by atoms with Crippen LogP contribution in [0.3, 0.4) is 0 Å². The lowest BCUT2D eigenvalue weighted by Crippen LogP contribution is -2.10. The molecule has 0 aliphatic rings. The summed E-state index contributed by atoms with van der Waals surface area (Å²) in [5, 5.41) is 0. The van der Waals surface area contributed by atoms with Crippen LogP contribution in [-0.4, -0.2) is 5.75 Å². The third kappa shape index (κ3) is 5.87. The third-order valence-electron chi connectivity index (χ3n) is 4.70. The lowest BCUT2D eigenvalue weighted by atomic mass is 9.87. The van der Waals surface area contributed by atoms with E-state index in [-0.39, 0.29) is 5.41 Å². The predicted octanol–water partition coefficient (Wildman–Crippen LogP) is 7.57. The average molecular weight is 373 g/mol. The first-order valence-corrected chi connectivity index (χ1v) is 10.5. The minimum absolute atomic E-state index is 0.203. The molecule has 0 heterocycles. The van der Waals surface area contributed by atoms with Gasteiger partial charge >= 0.3 is 0 Å². The van der Waals surface area contributed by atoms with E-state index in [1.165, 1.54) is 21.6 Å². The number of hydrogen-bond donors (Lipinski definition) is 0. The van der Waals surface area contributed by atoms with Gasteiger partial charge in [0.2, 0.25) is 0 Å². The summed E-state index contributed by atoms with van der Waals surface area (Å²) in [7, 11) is 0. The zero-order chi connectivity index (χ0) is 19.1. The standard InChI is InChI=1S/C26H28S/c1-26(2,3)24-16-18-25(19-17-24)27-20-23(22-12-8-5-9-13-22)15-14-21-10-6-4-7-11-21/h4-19,23H,20H2,1-3H3/b15-14+. The van der Waals surface area contributed by atoms with E-state index in [0.717, 1.165) is 5.75 Å². The normalized spacial score (nSPS) is 13.0. The van der Waals surface area contributed by atoms with E-state index in [1.54, 1.807) is 0 Å². The van der Waals surface area contributed by atoms with Crippen LogP contribution in [0, 0.1) is 0 Å². The fourth-order valence-corrected chi connectivity index (χ4v) is 4.00. The molecule has 0 nitrogen and oxygen atoms in total. The quantitative estimate of drug-likeness (QED) is 0.402. The Morgan fingerprint density at radius 1 is 0.778 bits per heavy atom. The van der Waals surface area contributed by atoms with Gasteiger partial charge in [-0.25, -0.2) is 0 Å². The monoisotopic (exact) mass is 372 g/mol. The minimum Gasteiger partial charge on any atom is -0.125 e. The van der Waals surface area contributed by atoms with Crippen molar-refractivity contribution in [1.82, 2.24) is 0 Å². The van der Waals surface area contributed by atoms with Crippen LogP contribution in [0.2, 0.25) is 0 Å². The summed E-state index contributed by atoms with van der Waals surface area (Å²) in [6, 6.07) is 30.4. The van der Waals surface area contributed by atoms with Crippen molar-refractivity contribution in [2.45, 2.75) is 37.0 Å². The van der Waals surface area contributed by atoms with Crippen molar-refractivity contribution in [3.05, 3.63) is 108 Å². The summed E-state index contributed by atoms with van der Waals surface area (Å²) in [4.78, 5) is 1.33. The van der Waals surface area contributed by atoms with Gasteiger partial charge in [-0.3, -0.25) is 0 Å². The molecule has 0 N–H and O–H groups in total. The zero-order valence-electron chi connectivity index (χ0n) is 16.4. The molecule has 1 unspecified atom stereocenters. The molecule has 138 valence electrons. The van der Waals surface area contributed by atoms with Crippen LogP contribution in [0.15, 0.2) is 95.9 Å². The topological polar surface area (TPSA) is 0 Å². The molecule has 1 atom stereocenters. The lowest BCUT2D eigenvalue weighted by Gasteiger charge is -2.19. The first kappa shape index (κ1) is 19.5. The van der Waals surface area contributed by atoms with Gasteiger partial charge in [0.1, 0.15) is 0 Å². The molecule has 1 heteroatoms. The highest BCUT2D eigenvalue weighted by Crippen LogP contribution is 2.30. The van der Waals surface area contributed by atoms with Crippen molar-refractivity contribution < 1.29 is 0 Å². The van der Waals surface area contributed by atoms with Gasteiger partial charge in [-0.1, -0.05) is 106 Å². The van der Waals surface area contributed by atoms with Crippen molar-refractivity contribution in [2.24, 2.45) is 0 Å². The van der Waals surface area contributed by atoms with Gasteiger partial charge in [0.05, 0.1) is 0 Å². The maximum Gasteiger partial charge on any atom is 0.0115 e. The van der Waals surface area contributed by atoms with E-state index in [0.29, 0.717) is 5.92 Å². The lowest BCUT2D eigenvalue weighted by molar-refractivity contribution is 0.590. The van der Waals surface area contributed by atoms with Crippen LogP contribution in [0.1, 0.15) is 43.4 Å². The molecule has 3 rings (SSSR count). The highest BCUT2D eigenvalue weighted by Gasteiger charge is 2.13. The van der Waals surface area contributed by atoms with Gasteiger partial charge in [-0.05, 0) is 34.2 Å². The highest BCUT2D eigenvalue weighted by atomic mass is 32.2. The Morgan fingerprint density at radius 3 is 1.96 bits per heavy atom. The Labute approximate surface area is 168 Å². The van der Waals surface area contributed by atoms with Crippen LogP contribution in [0.5, 0.6) is 0 Å². The molecule has 3 aromatic rings. The van der Waals surface area contributed by atoms with E-state index in [2.05, 4.69) is 118 Å². The Morgan fingerprint density at radius 2 is 1.37 bits per heavy atom. The molecule has 27 heavy (non-hydrogen) atoms. The second-order valence-corrected chi connectivity index (χ2v) is 8.97. The van der Waals surface area contributed by atoms with Crippen LogP contribution in [0.4, 0.5) is 0 Å². The predicted molar refractivity (Wildman–Crippen MR) is 121 cm³/mol. The van der Waals surface area contributed by atoms with Gasteiger partial charge in [0.25, 0.3) is 0 Å². The van der Waals surface area contributed by atoms with Gasteiger partial charge in [0.15, 0.2) is 0 Å². The molecular formula is C26H28S. The van der Waals surface area contributed by atoms with E-state index in [1.807, 2.05) is 11.8 Å². The van der Waals surface area contributed by atoms with Crippen molar-refractivity contribution in [3.8, 4) is 0 Å². The Balaban J connectivity index is 1.73. The van der Waals surface area contributed by atoms with E-state index >= 15 is 0 Å². The number of allylic oxidation sites excluding steroid dienone is 1. The molecule has 0 radical (unpaired) electrons. The number of hydrogen-bond acceptors (Lipinski definition) is 1. The fourth-order valence-electron chi connectivity index (χ4n) is 2.99. The molecule has 0 aliphatic heterocycles. The molecule has 0 bridgehead atoms. The fraction of sp³-hybridized carbons (Fsp3) is 0.231. The number of rotatable bonds is 6. The number of benzene rings is 3. The largest absolute Gasteiger partial charge is 0.125 e. The van der Waals surface area contributed by atoms with E-state index in [4.69, 9.17) is 0 Å². The second kappa shape index (κ2) is 9.10. The first-order chi connectivity index (χ1) is 13.0. The Bertz CT molecular complexity index is 840. The van der Waals surface area contributed by atoms with Gasteiger partial charge in [-0.2, -0.15) is 0 Å². The summed E-state index contributed by atoms with van der Waals surface area (Å²) >= 11 is 1.93. The van der Waals surface area contributed by atoms with Crippen molar-refractivity contribution in [3.63, 3.8) is 0 Å². The van der Waals surface area contributed by atoms with Gasteiger partial charge < -0.3 is 0 Å². The second-order valence-electron chi connectivity index (χ2n) is 7.87. The molecule has 3 aromatic carbocycles. The summed E-state index contributed by atoms with van der Waals surface area (Å²) in [5.74, 6) is 1.42. The minimum atomic E-state index is 0.203. The van der Waals surface area contributed by atoms with Crippen LogP contribution < -0.4 is 0 Å². The molecule has 0 aliphatic carbocycles. The van der Waals surface area contributed by atoms with Crippen molar-refractivity contribution in [2.75, 3.05) is 5.75 Å². The van der Waals surface area contributed by atoms with Gasteiger partial charge in [-0.15, -0.1) is 11.8 Å². The average Bonchev–Trinajstić information content (AvgIpc) is 2.69. The summed E-state index contributed by atoms with van der Waals surface area (Å²) in [6.45, 7) is 6.78. The third-order valence-corrected chi connectivity index (χ3v) is 5.83. The van der Waals surface area contributed by atoms with Crippen LogP contribution >= 0.6 is 11.8 Å². The maximum atomic E-state index is 2.33.